The van der Waals surface area contributed by atoms with E-state index in [0.29, 0.717) is 40.9 Å². The van der Waals surface area contributed by atoms with Crippen LogP contribution in [0.4, 0.5) is 17.6 Å². The SMILES string of the molecule is CC(CF)(CC(O)(Cc1cc2cnccc2[nH]1)C(F)F)c1cc(F)cc2c1OCC2. The number of H-pyrrole nitrogens is 1. The molecule has 2 atom stereocenters. The summed E-state index contributed by atoms with van der Waals surface area (Å²) in [7, 11) is 0. The average molecular weight is 422 g/mol. The number of aliphatic hydroxyl groups is 1. The highest BCUT2D eigenvalue weighted by molar-refractivity contribution is 5.79. The number of nitrogens with zero attached hydrogens (tertiary/aromatic N) is 1. The molecule has 4 rings (SSSR count). The molecule has 0 saturated carbocycles. The van der Waals surface area contributed by atoms with Gasteiger partial charge in [0.1, 0.15) is 17.2 Å². The van der Waals surface area contributed by atoms with Crippen LogP contribution in [0.15, 0.2) is 36.7 Å². The van der Waals surface area contributed by atoms with Gasteiger partial charge in [-0.15, -0.1) is 0 Å². The van der Waals surface area contributed by atoms with Gasteiger partial charge in [0, 0.05) is 58.4 Å². The number of pyridine rings is 1. The third kappa shape index (κ3) is 3.64. The summed E-state index contributed by atoms with van der Waals surface area (Å²) < 4.78 is 62.1. The van der Waals surface area contributed by atoms with Crippen molar-refractivity contribution in [1.29, 1.82) is 0 Å². The Balaban J connectivity index is 1.70. The van der Waals surface area contributed by atoms with Crippen LogP contribution in [0.5, 0.6) is 5.75 Å². The number of aromatic amines is 1. The highest BCUT2D eigenvalue weighted by Gasteiger charge is 2.47. The molecule has 3 aromatic rings. The number of hydrogen-bond donors (Lipinski definition) is 2. The van der Waals surface area contributed by atoms with Crippen molar-refractivity contribution in [2.75, 3.05) is 13.3 Å². The number of fused-ring (bicyclic) bond motifs is 2. The van der Waals surface area contributed by atoms with Gasteiger partial charge in [-0.2, -0.15) is 0 Å². The standard InChI is InChI=1S/C22H22F4N2O2/c1-21(12-23,17-8-15(24)6-13-3-5-30-19(13)17)11-22(29,20(25)26)9-16-7-14-10-27-4-2-18(14)28-16/h2,4,6-8,10,20,28-29H,3,5,9,11-12H2,1H3. The lowest BCUT2D eigenvalue weighted by Crippen LogP contribution is -2.46. The van der Waals surface area contributed by atoms with Gasteiger partial charge in [-0.05, 0) is 30.7 Å². The second kappa shape index (κ2) is 7.58. The fourth-order valence-electron chi connectivity index (χ4n) is 4.28. The fraction of sp³-hybridized carbons (Fsp3) is 0.409. The maximum absolute atomic E-state index is 14.3. The van der Waals surface area contributed by atoms with Gasteiger partial charge in [0.25, 0.3) is 6.43 Å². The van der Waals surface area contributed by atoms with E-state index in [1.54, 1.807) is 24.5 Å². The lowest BCUT2D eigenvalue weighted by Gasteiger charge is -2.37. The predicted molar refractivity (Wildman–Crippen MR) is 104 cm³/mol. The van der Waals surface area contributed by atoms with Gasteiger partial charge in [0.15, 0.2) is 0 Å². The molecule has 0 spiro atoms. The molecule has 2 unspecified atom stereocenters. The molecule has 1 aliphatic heterocycles. The van der Waals surface area contributed by atoms with E-state index in [1.165, 1.54) is 13.0 Å². The van der Waals surface area contributed by atoms with Crippen LogP contribution in [-0.4, -0.2) is 40.4 Å². The molecule has 8 heteroatoms. The number of ether oxygens (including phenoxy) is 1. The third-order valence-corrected chi connectivity index (χ3v) is 5.77. The van der Waals surface area contributed by atoms with Crippen LogP contribution >= 0.6 is 0 Å². The zero-order chi connectivity index (χ0) is 21.5. The van der Waals surface area contributed by atoms with Gasteiger partial charge in [-0.3, -0.25) is 9.37 Å². The summed E-state index contributed by atoms with van der Waals surface area (Å²) in [6.07, 6.45) is -0.572. The molecule has 2 aromatic heterocycles. The quantitative estimate of drug-likeness (QED) is 0.552. The summed E-state index contributed by atoms with van der Waals surface area (Å²) >= 11 is 0. The van der Waals surface area contributed by atoms with Crippen molar-refractivity contribution in [2.24, 2.45) is 0 Å². The van der Waals surface area contributed by atoms with Crippen molar-refractivity contribution >= 4 is 10.9 Å². The number of nitrogens with one attached hydrogen (secondary N) is 1. The number of hydrogen-bond acceptors (Lipinski definition) is 3. The van der Waals surface area contributed by atoms with Crippen LogP contribution < -0.4 is 4.74 Å². The number of aromatic nitrogens is 2. The summed E-state index contributed by atoms with van der Waals surface area (Å²) in [4.78, 5) is 6.97. The van der Waals surface area contributed by atoms with E-state index in [2.05, 4.69) is 9.97 Å². The summed E-state index contributed by atoms with van der Waals surface area (Å²) in [5.41, 5.74) is -2.28. The Kier molecular flexibility index (Phi) is 5.22. The van der Waals surface area contributed by atoms with E-state index in [4.69, 9.17) is 4.74 Å². The molecule has 0 saturated heterocycles. The maximum atomic E-state index is 14.3. The average Bonchev–Trinajstić information content (AvgIpc) is 3.32. The molecule has 1 aliphatic rings. The van der Waals surface area contributed by atoms with Gasteiger partial charge in [0.2, 0.25) is 0 Å². The zero-order valence-corrected chi connectivity index (χ0v) is 16.4. The molecule has 1 aromatic carbocycles. The van der Waals surface area contributed by atoms with Gasteiger partial charge in [-0.25, -0.2) is 13.2 Å². The van der Waals surface area contributed by atoms with Gasteiger partial charge >= 0.3 is 0 Å². The minimum atomic E-state index is -3.14. The van der Waals surface area contributed by atoms with Crippen LogP contribution in [0.1, 0.15) is 30.2 Å². The van der Waals surface area contributed by atoms with Crippen LogP contribution in [0.2, 0.25) is 0 Å². The smallest absolute Gasteiger partial charge is 0.267 e. The molecule has 4 nitrogen and oxygen atoms in total. The Morgan fingerprint density at radius 2 is 2.10 bits per heavy atom. The van der Waals surface area contributed by atoms with E-state index in [1.807, 2.05) is 0 Å². The third-order valence-electron chi connectivity index (χ3n) is 5.77. The first-order valence-corrected chi connectivity index (χ1v) is 9.68. The highest BCUT2D eigenvalue weighted by atomic mass is 19.3. The number of alkyl halides is 3. The Morgan fingerprint density at radius 1 is 1.30 bits per heavy atom. The zero-order valence-electron chi connectivity index (χ0n) is 16.4. The Morgan fingerprint density at radius 3 is 2.80 bits per heavy atom. The maximum Gasteiger partial charge on any atom is 0.267 e. The fourth-order valence-corrected chi connectivity index (χ4v) is 4.28. The Hall–Kier alpha value is -2.61. The number of rotatable bonds is 7. The molecule has 2 N–H and O–H groups in total. The molecule has 3 heterocycles. The van der Waals surface area contributed by atoms with Crippen molar-refractivity contribution in [3.05, 3.63) is 59.3 Å². The molecule has 0 aliphatic carbocycles. The van der Waals surface area contributed by atoms with Crippen molar-refractivity contribution in [1.82, 2.24) is 9.97 Å². The van der Waals surface area contributed by atoms with E-state index in [-0.39, 0.29) is 5.56 Å². The largest absolute Gasteiger partial charge is 0.493 e. The lowest BCUT2D eigenvalue weighted by molar-refractivity contribution is -0.113. The molecule has 160 valence electrons. The summed E-state index contributed by atoms with van der Waals surface area (Å²) in [5, 5.41) is 11.6. The number of benzene rings is 1. The van der Waals surface area contributed by atoms with Crippen LogP contribution in [0.25, 0.3) is 10.9 Å². The van der Waals surface area contributed by atoms with E-state index in [0.717, 1.165) is 6.07 Å². The van der Waals surface area contributed by atoms with Crippen LogP contribution in [0, 0.1) is 5.82 Å². The minimum Gasteiger partial charge on any atom is -0.493 e. The molecule has 0 amide bonds. The highest BCUT2D eigenvalue weighted by Crippen LogP contribution is 2.44. The summed E-state index contributed by atoms with van der Waals surface area (Å²) in [6.45, 7) is 0.667. The summed E-state index contributed by atoms with van der Waals surface area (Å²) in [5.74, 6) is -0.262. The molecular weight excluding hydrogens is 400 g/mol. The predicted octanol–water partition coefficient (Wildman–Crippen LogP) is 4.49. The Bertz CT molecular complexity index is 1040. The molecular formula is C22H22F4N2O2. The molecule has 0 bridgehead atoms. The van der Waals surface area contributed by atoms with E-state index < -0.39 is 42.8 Å². The van der Waals surface area contributed by atoms with E-state index in [9.17, 15) is 22.7 Å². The molecule has 0 fully saturated rings. The van der Waals surface area contributed by atoms with Crippen molar-refractivity contribution in [2.45, 2.75) is 43.6 Å². The first-order chi connectivity index (χ1) is 14.2. The summed E-state index contributed by atoms with van der Waals surface area (Å²) in [6, 6.07) is 5.75. The van der Waals surface area contributed by atoms with Gasteiger partial charge in [-0.1, -0.05) is 6.92 Å². The second-order valence-corrected chi connectivity index (χ2v) is 8.25. The Labute approximate surface area is 170 Å². The monoisotopic (exact) mass is 422 g/mol. The van der Waals surface area contributed by atoms with Crippen molar-refractivity contribution < 1.29 is 27.4 Å². The van der Waals surface area contributed by atoms with Crippen molar-refractivity contribution in [3.63, 3.8) is 0 Å². The van der Waals surface area contributed by atoms with Gasteiger partial charge < -0.3 is 14.8 Å². The van der Waals surface area contributed by atoms with E-state index >= 15 is 0 Å². The first-order valence-electron chi connectivity index (χ1n) is 9.68. The second-order valence-electron chi connectivity index (χ2n) is 8.25. The van der Waals surface area contributed by atoms with Crippen LogP contribution in [0.3, 0.4) is 0 Å². The van der Waals surface area contributed by atoms with Crippen LogP contribution in [-0.2, 0) is 18.3 Å². The van der Waals surface area contributed by atoms with Gasteiger partial charge in [0.05, 0.1) is 13.3 Å². The van der Waals surface area contributed by atoms with Crippen molar-refractivity contribution in [3.8, 4) is 5.75 Å². The normalized spacial score (nSPS) is 17.6. The first kappa shape index (κ1) is 20.7. The number of halogens is 4. The topological polar surface area (TPSA) is 58.1 Å². The molecule has 30 heavy (non-hydrogen) atoms. The molecule has 0 radical (unpaired) electrons. The lowest BCUT2D eigenvalue weighted by atomic mass is 9.72. The minimum absolute atomic E-state index is 0.164.